The normalized spacial score (nSPS) is 11.9. The van der Waals surface area contributed by atoms with E-state index in [1.54, 1.807) is 10.9 Å². The number of hydrogen-bond acceptors (Lipinski definition) is 3. The maximum atomic E-state index is 12.3. The molecular weight excluding hydrogens is 336 g/mol. The van der Waals surface area contributed by atoms with E-state index >= 15 is 0 Å². The first kappa shape index (κ1) is 18.8. The van der Waals surface area contributed by atoms with Gasteiger partial charge in [-0.1, -0.05) is 36.4 Å². The van der Waals surface area contributed by atoms with Gasteiger partial charge in [0.25, 0.3) is 0 Å². The van der Waals surface area contributed by atoms with Crippen LogP contribution in [0, 0.1) is 6.92 Å². The minimum absolute atomic E-state index is 0.0796. The SMILES string of the molecule is Cc1c([C@H](C)NC(=O)CCCCc2ccccc2)cnn1-c1ccccn1. The number of aryl methyl sites for hydroxylation is 1. The van der Waals surface area contributed by atoms with Crippen LogP contribution in [0.15, 0.2) is 60.9 Å². The summed E-state index contributed by atoms with van der Waals surface area (Å²) < 4.78 is 1.80. The molecule has 0 saturated heterocycles. The third kappa shape index (κ3) is 5.03. The number of hydrogen-bond donors (Lipinski definition) is 1. The van der Waals surface area contributed by atoms with Crippen molar-refractivity contribution in [3.05, 3.63) is 77.7 Å². The first-order valence-corrected chi connectivity index (χ1v) is 9.44. The largest absolute Gasteiger partial charge is 0.349 e. The Labute approximate surface area is 160 Å². The van der Waals surface area contributed by atoms with E-state index in [0.717, 1.165) is 36.3 Å². The van der Waals surface area contributed by atoms with Crippen LogP contribution in [0.5, 0.6) is 0 Å². The minimum Gasteiger partial charge on any atom is -0.349 e. The van der Waals surface area contributed by atoms with Gasteiger partial charge in [-0.05, 0) is 50.8 Å². The number of amides is 1. The summed E-state index contributed by atoms with van der Waals surface area (Å²) in [7, 11) is 0. The molecule has 5 nitrogen and oxygen atoms in total. The molecule has 0 fully saturated rings. The number of nitrogens with one attached hydrogen (secondary N) is 1. The summed E-state index contributed by atoms with van der Waals surface area (Å²) in [6, 6.07) is 16.0. The van der Waals surface area contributed by atoms with Crippen LogP contribution in [-0.4, -0.2) is 20.7 Å². The molecular formula is C22H26N4O. The van der Waals surface area contributed by atoms with Crippen LogP contribution in [0.1, 0.15) is 49.0 Å². The summed E-state index contributed by atoms with van der Waals surface area (Å²) in [5.41, 5.74) is 3.33. The molecule has 1 amide bonds. The Morgan fingerprint density at radius 3 is 2.63 bits per heavy atom. The first-order valence-electron chi connectivity index (χ1n) is 9.44. The van der Waals surface area contributed by atoms with Crippen LogP contribution >= 0.6 is 0 Å². The lowest BCUT2D eigenvalue weighted by Gasteiger charge is -2.14. The van der Waals surface area contributed by atoms with Crippen molar-refractivity contribution in [1.82, 2.24) is 20.1 Å². The van der Waals surface area contributed by atoms with E-state index in [0.29, 0.717) is 6.42 Å². The van der Waals surface area contributed by atoms with Crippen molar-refractivity contribution in [1.29, 1.82) is 0 Å². The van der Waals surface area contributed by atoms with Crippen molar-refractivity contribution in [3.8, 4) is 5.82 Å². The summed E-state index contributed by atoms with van der Waals surface area (Å²) >= 11 is 0. The quantitative estimate of drug-likeness (QED) is 0.612. The molecule has 0 aliphatic carbocycles. The maximum Gasteiger partial charge on any atom is 0.220 e. The third-order valence-electron chi connectivity index (χ3n) is 4.72. The zero-order chi connectivity index (χ0) is 19.1. The molecule has 0 unspecified atom stereocenters. The fraction of sp³-hybridized carbons (Fsp3) is 0.318. The maximum absolute atomic E-state index is 12.3. The van der Waals surface area contributed by atoms with Crippen molar-refractivity contribution >= 4 is 5.91 Å². The van der Waals surface area contributed by atoms with Crippen LogP contribution in [0.2, 0.25) is 0 Å². The first-order chi connectivity index (χ1) is 13.1. The molecule has 0 aliphatic rings. The molecule has 0 spiro atoms. The third-order valence-corrected chi connectivity index (χ3v) is 4.72. The molecule has 0 bridgehead atoms. The van der Waals surface area contributed by atoms with E-state index in [1.165, 1.54) is 5.56 Å². The van der Waals surface area contributed by atoms with E-state index in [4.69, 9.17) is 0 Å². The predicted molar refractivity (Wildman–Crippen MR) is 107 cm³/mol. The number of benzene rings is 1. The second-order valence-electron chi connectivity index (χ2n) is 6.77. The average Bonchev–Trinajstić information content (AvgIpc) is 3.08. The van der Waals surface area contributed by atoms with Crippen LogP contribution < -0.4 is 5.32 Å². The van der Waals surface area contributed by atoms with Gasteiger partial charge >= 0.3 is 0 Å². The zero-order valence-corrected chi connectivity index (χ0v) is 15.9. The lowest BCUT2D eigenvalue weighted by molar-refractivity contribution is -0.121. The van der Waals surface area contributed by atoms with Crippen LogP contribution in [0.25, 0.3) is 5.82 Å². The van der Waals surface area contributed by atoms with Gasteiger partial charge in [-0.3, -0.25) is 4.79 Å². The number of rotatable bonds is 8. The van der Waals surface area contributed by atoms with Crippen molar-refractivity contribution in [3.63, 3.8) is 0 Å². The van der Waals surface area contributed by atoms with Crippen LogP contribution in [0.4, 0.5) is 0 Å². The Bertz CT molecular complexity index is 859. The lowest BCUT2D eigenvalue weighted by Crippen LogP contribution is -2.26. The van der Waals surface area contributed by atoms with Gasteiger partial charge in [0.1, 0.15) is 0 Å². The monoisotopic (exact) mass is 362 g/mol. The van der Waals surface area contributed by atoms with Gasteiger partial charge < -0.3 is 5.32 Å². The van der Waals surface area contributed by atoms with E-state index in [9.17, 15) is 4.79 Å². The fourth-order valence-corrected chi connectivity index (χ4v) is 3.21. The minimum atomic E-state index is -0.0796. The van der Waals surface area contributed by atoms with Gasteiger partial charge in [0.15, 0.2) is 5.82 Å². The molecule has 0 aliphatic heterocycles. The number of pyridine rings is 1. The van der Waals surface area contributed by atoms with Gasteiger partial charge in [-0.25, -0.2) is 9.67 Å². The Balaban J connectivity index is 1.49. The highest BCUT2D eigenvalue weighted by Crippen LogP contribution is 2.19. The Hall–Kier alpha value is -2.95. The van der Waals surface area contributed by atoms with Crippen molar-refractivity contribution in [2.24, 2.45) is 0 Å². The van der Waals surface area contributed by atoms with Crippen molar-refractivity contribution in [2.75, 3.05) is 0 Å². The topological polar surface area (TPSA) is 59.8 Å². The van der Waals surface area contributed by atoms with Gasteiger partial charge in [-0.2, -0.15) is 5.10 Å². The van der Waals surface area contributed by atoms with E-state index in [1.807, 2.05) is 44.3 Å². The summed E-state index contributed by atoms with van der Waals surface area (Å²) in [5.74, 6) is 0.862. The zero-order valence-electron chi connectivity index (χ0n) is 15.9. The molecule has 2 aromatic heterocycles. The standard InChI is InChI=1S/C22H26N4O/c1-17(20-16-24-26(18(20)2)21-13-8-9-15-23-21)25-22(27)14-7-6-12-19-10-4-3-5-11-19/h3-5,8-11,13,15-17H,6-7,12,14H2,1-2H3,(H,25,27)/t17-/m0/s1. The number of unbranched alkanes of at least 4 members (excludes halogenated alkanes) is 1. The smallest absolute Gasteiger partial charge is 0.220 e. The molecule has 140 valence electrons. The molecule has 27 heavy (non-hydrogen) atoms. The van der Waals surface area contributed by atoms with Crippen molar-refractivity contribution in [2.45, 2.75) is 45.6 Å². The summed E-state index contributed by atoms with van der Waals surface area (Å²) in [4.78, 5) is 16.6. The summed E-state index contributed by atoms with van der Waals surface area (Å²) in [6.45, 7) is 3.99. The molecule has 2 heterocycles. The van der Waals surface area contributed by atoms with E-state index < -0.39 is 0 Å². The lowest BCUT2D eigenvalue weighted by atomic mass is 10.1. The van der Waals surface area contributed by atoms with Crippen LogP contribution in [0.3, 0.4) is 0 Å². The molecule has 1 N–H and O–H groups in total. The fourth-order valence-electron chi connectivity index (χ4n) is 3.21. The molecule has 5 heteroatoms. The molecule has 0 radical (unpaired) electrons. The van der Waals surface area contributed by atoms with E-state index in [2.05, 4.69) is 39.7 Å². The molecule has 3 rings (SSSR count). The van der Waals surface area contributed by atoms with Crippen LogP contribution in [-0.2, 0) is 11.2 Å². The molecule has 3 aromatic rings. The highest BCUT2D eigenvalue weighted by molar-refractivity contribution is 5.76. The number of nitrogens with zero attached hydrogens (tertiary/aromatic N) is 3. The summed E-state index contributed by atoms with van der Waals surface area (Å²) in [5, 5.41) is 7.51. The second-order valence-corrected chi connectivity index (χ2v) is 6.77. The number of aromatic nitrogens is 3. The molecule has 0 saturated carbocycles. The highest BCUT2D eigenvalue weighted by Gasteiger charge is 2.16. The van der Waals surface area contributed by atoms with Gasteiger partial charge in [0.2, 0.25) is 5.91 Å². The van der Waals surface area contributed by atoms with E-state index in [-0.39, 0.29) is 11.9 Å². The van der Waals surface area contributed by atoms with Gasteiger partial charge in [0.05, 0.1) is 12.2 Å². The Kier molecular flexibility index (Phi) is 6.36. The summed E-state index contributed by atoms with van der Waals surface area (Å²) in [6.07, 6.45) is 7.02. The Morgan fingerprint density at radius 2 is 1.89 bits per heavy atom. The second kappa shape index (κ2) is 9.12. The molecule has 1 atom stereocenters. The van der Waals surface area contributed by atoms with Gasteiger partial charge in [0, 0.05) is 23.9 Å². The number of carbonyl (C=O) groups is 1. The average molecular weight is 362 g/mol. The Morgan fingerprint density at radius 1 is 1.11 bits per heavy atom. The number of carbonyl (C=O) groups excluding carboxylic acids is 1. The van der Waals surface area contributed by atoms with Gasteiger partial charge in [-0.15, -0.1) is 0 Å². The molecule has 1 aromatic carbocycles. The predicted octanol–water partition coefficient (Wildman–Crippen LogP) is 4.17. The highest BCUT2D eigenvalue weighted by atomic mass is 16.1. The van der Waals surface area contributed by atoms with Crippen molar-refractivity contribution < 1.29 is 4.79 Å².